The summed E-state index contributed by atoms with van der Waals surface area (Å²) in [4.78, 5) is 25.9. The van der Waals surface area contributed by atoms with Crippen LogP contribution in [0.5, 0.6) is 0 Å². The zero-order valence-electron chi connectivity index (χ0n) is 12.3. The van der Waals surface area contributed by atoms with Gasteiger partial charge in [0.1, 0.15) is 0 Å². The number of imide groups is 1. The van der Waals surface area contributed by atoms with E-state index in [1.165, 1.54) is 24.3 Å². The summed E-state index contributed by atoms with van der Waals surface area (Å²) in [6.45, 7) is 1.97. The van der Waals surface area contributed by atoms with Gasteiger partial charge >= 0.3 is 0 Å². The van der Waals surface area contributed by atoms with Gasteiger partial charge < -0.3 is 0 Å². The Balaban J connectivity index is 1.96. The molecule has 0 unspecified atom stereocenters. The Morgan fingerprint density at radius 2 is 1.43 bits per heavy atom. The van der Waals surface area contributed by atoms with Crippen LogP contribution < -0.4 is 9.62 Å². The summed E-state index contributed by atoms with van der Waals surface area (Å²) < 4.78 is 26.2. The molecule has 0 aliphatic carbocycles. The smallest absolute Gasteiger partial charge is 0.266 e. The molecule has 6 nitrogen and oxygen atoms in total. The quantitative estimate of drug-likeness (QED) is 0.866. The fourth-order valence-corrected chi connectivity index (χ4v) is 3.51. The number of sulfonamides is 1. The zero-order valence-corrected chi connectivity index (χ0v) is 13.1. The number of benzene rings is 2. The molecular weight excluding hydrogens is 316 g/mol. The van der Waals surface area contributed by atoms with Crippen LogP contribution in [-0.2, 0) is 10.0 Å². The molecule has 0 spiro atoms. The average molecular weight is 330 g/mol. The van der Waals surface area contributed by atoms with Crippen LogP contribution in [0.2, 0.25) is 0 Å². The second-order valence-electron chi connectivity index (χ2n) is 4.99. The van der Waals surface area contributed by atoms with E-state index in [4.69, 9.17) is 0 Å². The molecule has 2 aromatic rings. The number of carbonyl (C=O) groups excluding carboxylic acids is 2. The van der Waals surface area contributed by atoms with E-state index < -0.39 is 21.8 Å². The Kier molecular flexibility index (Phi) is 3.75. The van der Waals surface area contributed by atoms with Crippen molar-refractivity contribution in [2.45, 2.75) is 11.8 Å². The van der Waals surface area contributed by atoms with Crippen molar-refractivity contribution in [3.8, 4) is 0 Å². The Bertz CT molecular complexity index is 854. The molecule has 0 aromatic heterocycles. The molecule has 7 heteroatoms. The van der Waals surface area contributed by atoms with Crippen LogP contribution in [0.1, 0.15) is 27.6 Å². The first-order valence-corrected chi connectivity index (χ1v) is 8.51. The summed E-state index contributed by atoms with van der Waals surface area (Å²) in [5, 5.41) is 0. The van der Waals surface area contributed by atoms with E-state index in [1.807, 2.05) is 0 Å². The third-order valence-corrected chi connectivity index (χ3v) is 5.10. The number of amides is 2. The SMILES string of the molecule is CCNS(=O)(=O)c1ccc(N2C(=O)c3ccccc3C2=O)cc1. The van der Waals surface area contributed by atoms with Gasteiger partial charge in [-0.05, 0) is 36.4 Å². The number of nitrogens with zero attached hydrogens (tertiary/aromatic N) is 1. The van der Waals surface area contributed by atoms with Crippen molar-refractivity contribution < 1.29 is 18.0 Å². The zero-order chi connectivity index (χ0) is 16.6. The fraction of sp³-hybridized carbons (Fsp3) is 0.125. The summed E-state index contributed by atoms with van der Waals surface area (Å²) in [5.41, 5.74) is 1.04. The van der Waals surface area contributed by atoms with Gasteiger partial charge in [0.25, 0.3) is 11.8 Å². The maximum absolute atomic E-state index is 12.4. The first-order chi connectivity index (χ1) is 11.0. The Morgan fingerprint density at radius 1 is 0.913 bits per heavy atom. The Morgan fingerprint density at radius 3 is 1.91 bits per heavy atom. The highest BCUT2D eigenvalue weighted by atomic mass is 32.2. The first kappa shape index (κ1) is 15.4. The molecular formula is C16H14N2O4S. The molecule has 2 amide bonds. The molecule has 3 rings (SSSR count). The maximum atomic E-state index is 12.4. The monoisotopic (exact) mass is 330 g/mol. The normalized spacial score (nSPS) is 14.2. The van der Waals surface area contributed by atoms with Gasteiger partial charge in [0.2, 0.25) is 10.0 Å². The largest absolute Gasteiger partial charge is 0.268 e. The second kappa shape index (κ2) is 5.60. The van der Waals surface area contributed by atoms with Crippen LogP contribution in [0, 0.1) is 0 Å². The van der Waals surface area contributed by atoms with Gasteiger partial charge in [0.15, 0.2) is 0 Å². The van der Waals surface area contributed by atoms with Gasteiger partial charge in [-0.15, -0.1) is 0 Å². The van der Waals surface area contributed by atoms with E-state index in [9.17, 15) is 18.0 Å². The molecule has 1 N–H and O–H groups in total. The predicted molar refractivity (Wildman–Crippen MR) is 84.9 cm³/mol. The number of anilines is 1. The topological polar surface area (TPSA) is 83.6 Å². The molecule has 2 aromatic carbocycles. The number of hydrogen-bond acceptors (Lipinski definition) is 4. The minimum Gasteiger partial charge on any atom is -0.268 e. The highest BCUT2D eigenvalue weighted by Gasteiger charge is 2.36. The van der Waals surface area contributed by atoms with Gasteiger partial charge in [-0.1, -0.05) is 19.1 Å². The van der Waals surface area contributed by atoms with Crippen molar-refractivity contribution in [1.82, 2.24) is 4.72 Å². The minimum absolute atomic E-state index is 0.0831. The van der Waals surface area contributed by atoms with E-state index in [0.717, 1.165) is 4.90 Å². The van der Waals surface area contributed by atoms with E-state index in [2.05, 4.69) is 4.72 Å². The third kappa shape index (κ3) is 2.54. The first-order valence-electron chi connectivity index (χ1n) is 7.03. The molecule has 0 radical (unpaired) electrons. The molecule has 1 aliphatic heterocycles. The fourth-order valence-electron chi connectivity index (χ4n) is 2.47. The summed E-state index contributed by atoms with van der Waals surface area (Å²) in [6.07, 6.45) is 0. The highest BCUT2D eigenvalue weighted by Crippen LogP contribution is 2.28. The molecule has 1 heterocycles. The third-order valence-electron chi connectivity index (χ3n) is 3.53. The maximum Gasteiger partial charge on any atom is 0.266 e. The van der Waals surface area contributed by atoms with Crippen molar-refractivity contribution >= 4 is 27.5 Å². The van der Waals surface area contributed by atoms with Gasteiger partial charge in [0, 0.05) is 6.54 Å². The standard InChI is InChI=1S/C16H14N2O4S/c1-2-17-23(21,22)12-9-7-11(8-10-12)18-15(19)13-5-3-4-6-14(13)16(18)20/h3-10,17H,2H2,1H3. The molecule has 0 saturated carbocycles. The van der Waals surface area contributed by atoms with Crippen molar-refractivity contribution in [1.29, 1.82) is 0 Å². The van der Waals surface area contributed by atoms with Crippen LogP contribution in [0.15, 0.2) is 53.4 Å². The lowest BCUT2D eigenvalue weighted by atomic mass is 10.1. The lowest BCUT2D eigenvalue weighted by Crippen LogP contribution is -2.29. The van der Waals surface area contributed by atoms with Crippen molar-refractivity contribution in [3.63, 3.8) is 0 Å². The Labute approximate surface area is 133 Å². The van der Waals surface area contributed by atoms with Crippen molar-refractivity contribution in [3.05, 3.63) is 59.7 Å². The number of fused-ring (bicyclic) bond motifs is 1. The highest BCUT2D eigenvalue weighted by molar-refractivity contribution is 7.89. The van der Waals surface area contributed by atoms with Crippen molar-refractivity contribution in [2.75, 3.05) is 11.4 Å². The van der Waals surface area contributed by atoms with Crippen LogP contribution in [-0.4, -0.2) is 26.8 Å². The molecule has 0 fully saturated rings. The van der Waals surface area contributed by atoms with Crippen LogP contribution in [0.4, 0.5) is 5.69 Å². The van der Waals surface area contributed by atoms with Crippen LogP contribution in [0.25, 0.3) is 0 Å². The molecule has 0 atom stereocenters. The lowest BCUT2D eigenvalue weighted by molar-refractivity contribution is 0.0926. The number of nitrogens with one attached hydrogen (secondary N) is 1. The summed E-state index contributed by atoms with van der Waals surface area (Å²) in [7, 11) is -3.57. The summed E-state index contributed by atoms with van der Waals surface area (Å²) >= 11 is 0. The van der Waals surface area contributed by atoms with E-state index in [-0.39, 0.29) is 11.4 Å². The molecule has 23 heavy (non-hydrogen) atoms. The lowest BCUT2D eigenvalue weighted by Gasteiger charge is -2.14. The van der Waals surface area contributed by atoms with Gasteiger partial charge in [0.05, 0.1) is 21.7 Å². The van der Waals surface area contributed by atoms with Gasteiger partial charge in [-0.3, -0.25) is 9.59 Å². The predicted octanol–water partition coefficient (Wildman–Crippen LogP) is 1.79. The number of carbonyl (C=O) groups is 2. The van der Waals surface area contributed by atoms with E-state index in [1.54, 1.807) is 31.2 Å². The van der Waals surface area contributed by atoms with Gasteiger partial charge in [-0.25, -0.2) is 18.0 Å². The molecule has 1 aliphatic rings. The molecule has 0 saturated heterocycles. The number of rotatable bonds is 4. The molecule has 118 valence electrons. The van der Waals surface area contributed by atoms with E-state index in [0.29, 0.717) is 16.8 Å². The number of hydrogen-bond donors (Lipinski definition) is 1. The van der Waals surface area contributed by atoms with E-state index >= 15 is 0 Å². The minimum atomic E-state index is -3.57. The second-order valence-corrected chi connectivity index (χ2v) is 6.75. The van der Waals surface area contributed by atoms with Crippen LogP contribution >= 0.6 is 0 Å². The summed E-state index contributed by atoms with van der Waals surface area (Å²) in [5.74, 6) is -0.819. The van der Waals surface area contributed by atoms with Crippen LogP contribution in [0.3, 0.4) is 0 Å². The van der Waals surface area contributed by atoms with Crippen molar-refractivity contribution in [2.24, 2.45) is 0 Å². The summed E-state index contributed by atoms with van der Waals surface area (Å²) in [6, 6.07) is 12.2. The van der Waals surface area contributed by atoms with Gasteiger partial charge in [-0.2, -0.15) is 0 Å². The Hall–Kier alpha value is -2.51. The average Bonchev–Trinajstić information content (AvgIpc) is 2.79. The molecule has 0 bridgehead atoms.